The molecular weight excluding hydrogens is 397 g/mol. The smallest absolute Gasteiger partial charge is 0.182 e. The highest BCUT2D eigenvalue weighted by molar-refractivity contribution is 7.92. The fourth-order valence-electron chi connectivity index (χ4n) is 3.55. The fraction of sp³-hybridized carbons (Fsp3) is 0.278. The van der Waals surface area contributed by atoms with Crippen LogP contribution in [-0.4, -0.2) is 32.4 Å². The van der Waals surface area contributed by atoms with Crippen LogP contribution < -0.4 is 5.73 Å². The first-order valence-corrected chi connectivity index (χ1v) is 10.1. The molecule has 0 radical (unpaired) electrons. The van der Waals surface area contributed by atoms with Gasteiger partial charge in [0.2, 0.25) is 0 Å². The van der Waals surface area contributed by atoms with Gasteiger partial charge < -0.3 is 10.5 Å². The van der Waals surface area contributed by atoms with Gasteiger partial charge in [-0.2, -0.15) is 0 Å². The van der Waals surface area contributed by atoms with Crippen LogP contribution in [0.2, 0.25) is 5.02 Å². The molecule has 2 aromatic carbocycles. The molecule has 3 rings (SSSR count). The van der Waals surface area contributed by atoms with Crippen LogP contribution in [0.5, 0.6) is 0 Å². The summed E-state index contributed by atoms with van der Waals surface area (Å²) in [7, 11) is -2.30. The monoisotopic (exact) mass is 413 g/mol. The van der Waals surface area contributed by atoms with E-state index >= 15 is 0 Å². The van der Waals surface area contributed by atoms with Crippen LogP contribution in [0.15, 0.2) is 53.4 Å². The molecule has 138 valence electrons. The Morgan fingerprint density at radius 2 is 1.81 bits per heavy atom. The summed E-state index contributed by atoms with van der Waals surface area (Å²) in [6.45, 7) is 0.0574. The highest BCUT2D eigenvalue weighted by atomic mass is 35.5. The Morgan fingerprint density at radius 1 is 1.23 bits per heavy atom. The molecule has 0 unspecified atom stereocenters. The molecule has 0 bridgehead atoms. The summed E-state index contributed by atoms with van der Waals surface area (Å²) >= 11 is 11.1. The lowest BCUT2D eigenvalue weighted by molar-refractivity contribution is 0.166. The average Bonchev–Trinajstić information content (AvgIpc) is 3.27. The molecule has 1 saturated carbocycles. The minimum atomic E-state index is -3.76. The molecule has 0 aliphatic heterocycles. The van der Waals surface area contributed by atoms with E-state index in [1.54, 1.807) is 12.1 Å². The molecule has 3 atom stereocenters. The van der Waals surface area contributed by atoms with Crippen LogP contribution in [-0.2, 0) is 14.6 Å². The fourth-order valence-corrected chi connectivity index (χ4v) is 6.45. The highest BCUT2D eigenvalue weighted by Gasteiger charge is 2.73. The largest absolute Gasteiger partial charge is 0.393 e. The van der Waals surface area contributed by atoms with Gasteiger partial charge in [-0.05, 0) is 42.0 Å². The quantitative estimate of drug-likeness (QED) is 0.735. The van der Waals surface area contributed by atoms with Crippen molar-refractivity contribution in [1.82, 2.24) is 0 Å². The number of thiocarbonyl (C=S) groups is 1. The van der Waals surface area contributed by atoms with Gasteiger partial charge in [0.1, 0.15) is 5.82 Å². The van der Waals surface area contributed by atoms with Crippen molar-refractivity contribution in [3.63, 3.8) is 0 Å². The van der Waals surface area contributed by atoms with Gasteiger partial charge in [0, 0.05) is 18.1 Å². The minimum absolute atomic E-state index is 0.0574. The zero-order chi connectivity index (χ0) is 19.1. The van der Waals surface area contributed by atoms with Gasteiger partial charge in [-0.15, -0.1) is 0 Å². The summed E-state index contributed by atoms with van der Waals surface area (Å²) in [5.74, 6) is -0.916. The van der Waals surface area contributed by atoms with Gasteiger partial charge in [-0.3, -0.25) is 0 Å². The van der Waals surface area contributed by atoms with E-state index in [0.717, 1.165) is 0 Å². The van der Waals surface area contributed by atoms with Gasteiger partial charge in [-0.1, -0.05) is 36.0 Å². The van der Waals surface area contributed by atoms with Crippen LogP contribution in [0.4, 0.5) is 4.39 Å². The van der Waals surface area contributed by atoms with Crippen LogP contribution in [0, 0.1) is 11.2 Å². The number of hydrogen-bond acceptors (Lipinski definition) is 4. The standard InChI is InChI=1S/C18H17ClFNO3S2/c1-24-10-18(17(21)25)15(11-2-6-13(20)7-3-11)16(18)26(22,23)14-8-4-12(19)5-9-14/h2-9,15-16H,10H2,1H3,(H2,21,25)/t15-,16-,18+/m0/s1. The molecule has 2 N–H and O–H groups in total. The molecular formula is C18H17ClFNO3S2. The Hall–Kier alpha value is -1.54. The third-order valence-corrected chi connectivity index (χ3v) is 7.73. The van der Waals surface area contributed by atoms with Gasteiger partial charge >= 0.3 is 0 Å². The number of rotatable bonds is 6. The molecule has 1 aliphatic carbocycles. The molecule has 26 heavy (non-hydrogen) atoms. The van der Waals surface area contributed by atoms with Gasteiger partial charge in [-0.25, -0.2) is 12.8 Å². The summed E-state index contributed by atoms with van der Waals surface area (Å²) in [5, 5.41) is -0.452. The average molecular weight is 414 g/mol. The Labute approximate surface area is 162 Å². The van der Waals surface area contributed by atoms with Crippen molar-refractivity contribution in [2.45, 2.75) is 16.1 Å². The van der Waals surface area contributed by atoms with E-state index in [2.05, 4.69) is 0 Å². The molecule has 2 aromatic rings. The molecule has 1 fully saturated rings. The molecule has 0 saturated heterocycles. The van der Waals surface area contributed by atoms with E-state index in [4.69, 9.17) is 34.3 Å². The van der Waals surface area contributed by atoms with Crippen LogP contribution in [0.1, 0.15) is 11.5 Å². The maximum atomic E-state index is 13.3. The molecule has 4 nitrogen and oxygen atoms in total. The predicted molar refractivity (Wildman–Crippen MR) is 103 cm³/mol. The van der Waals surface area contributed by atoms with Crippen LogP contribution in [0.25, 0.3) is 0 Å². The summed E-state index contributed by atoms with van der Waals surface area (Å²) < 4.78 is 45.1. The van der Waals surface area contributed by atoms with E-state index < -0.39 is 32.2 Å². The lowest BCUT2D eigenvalue weighted by atomic mass is 10.00. The highest BCUT2D eigenvalue weighted by Crippen LogP contribution is 2.64. The molecule has 8 heteroatoms. The van der Waals surface area contributed by atoms with Gasteiger partial charge in [0.15, 0.2) is 9.84 Å². The van der Waals surface area contributed by atoms with Crippen LogP contribution in [0.3, 0.4) is 0 Å². The van der Waals surface area contributed by atoms with Gasteiger partial charge in [0.25, 0.3) is 0 Å². The number of nitrogens with two attached hydrogens (primary N) is 1. The minimum Gasteiger partial charge on any atom is -0.393 e. The number of sulfone groups is 1. The van der Waals surface area contributed by atoms with Crippen molar-refractivity contribution in [1.29, 1.82) is 0 Å². The normalized spacial score (nSPS) is 25.0. The summed E-state index contributed by atoms with van der Waals surface area (Å²) in [6.07, 6.45) is 0. The topological polar surface area (TPSA) is 69.4 Å². The second-order valence-corrected chi connectivity index (χ2v) is 9.23. The zero-order valence-electron chi connectivity index (χ0n) is 13.9. The summed E-state index contributed by atoms with van der Waals surface area (Å²) in [5.41, 5.74) is 5.57. The second kappa shape index (κ2) is 6.88. The maximum absolute atomic E-state index is 13.3. The molecule has 0 amide bonds. The lowest BCUT2D eigenvalue weighted by Gasteiger charge is -2.16. The first-order chi connectivity index (χ1) is 12.2. The molecule has 0 spiro atoms. The number of ether oxygens (including phenoxy) is 1. The second-order valence-electron chi connectivity index (χ2n) is 6.29. The first kappa shape index (κ1) is 19.2. The van der Waals surface area contributed by atoms with E-state index in [1.165, 1.54) is 43.5 Å². The maximum Gasteiger partial charge on any atom is 0.182 e. The third kappa shape index (κ3) is 3.03. The van der Waals surface area contributed by atoms with Crippen molar-refractivity contribution >= 4 is 38.6 Å². The van der Waals surface area contributed by atoms with Crippen molar-refractivity contribution in [2.75, 3.05) is 13.7 Å². The van der Waals surface area contributed by atoms with E-state index in [-0.39, 0.29) is 16.5 Å². The van der Waals surface area contributed by atoms with Crippen molar-refractivity contribution in [3.05, 3.63) is 64.9 Å². The lowest BCUT2D eigenvalue weighted by Crippen LogP contribution is -2.33. The number of methoxy groups -OCH3 is 1. The number of halogens is 2. The number of benzene rings is 2. The molecule has 0 aromatic heterocycles. The van der Waals surface area contributed by atoms with Gasteiger partial charge in [0.05, 0.1) is 27.2 Å². The van der Waals surface area contributed by atoms with E-state index in [1.807, 2.05) is 0 Å². The first-order valence-electron chi connectivity index (χ1n) is 7.79. The van der Waals surface area contributed by atoms with E-state index in [9.17, 15) is 12.8 Å². The van der Waals surface area contributed by atoms with Crippen molar-refractivity contribution in [3.8, 4) is 0 Å². The Kier molecular flexibility index (Phi) is 5.09. The summed E-state index contributed by atoms with van der Waals surface area (Å²) in [6, 6.07) is 11.6. The third-order valence-electron chi connectivity index (χ3n) is 4.80. The summed E-state index contributed by atoms with van der Waals surface area (Å²) in [4.78, 5) is 0.199. The molecule has 1 aliphatic rings. The SMILES string of the molecule is COC[C@@]1(C(N)=S)[C@@H](c2ccc(F)cc2)[C@@H]1S(=O)(=O)c1ccc(Cl)cc1. The van der Waals surface area contributed by atoms with Crippen molar-refractivity contribution in [2.24, 2.45) is 11.1 Å². The Balaban J connectivity index is 2.11. The van der Waals surface area contributed by atoms with Crippen molar-refractivity contribution < 1.29 is 17.5 Å². The van der Waals surface area contributed by atoms with Crippen LogP contribution >= 0.6 is 23.8 Å². The predicted octanol–water partition coefficient (Wildman–Crippen LogP) is 3.34. The Bertz CT molecular complexity index is 932. The molecule has 0 heterocycles. The Morgan fingerprint density at radius 3 is 2.31 bits per heavy atom. The van der Waals surface area contributed by atoms with E-state index in [0.29, 0.717) is 10.6 Å². The number of hydrogen-bond donors (Lipinski definition) is 1. The zero-order valence-corrected chi connectivity index (χ0v) is 16.2.